The number of benzene rings is 1. The Bertz CT molecular complexity index is 1320. The number of hydrogen-bond acceptors (Lipinski definition) is 7. The lowest BCUT2D eigenvalue weighted by Crippen LogP contribution is -2.14. The lowest BCUT2D eigenvalue weighted by molar-refractivity contribution is 0.392. The summed E-state index contributed by atoms with van der Waals surface area (Å²) >= 11 is 0. The number of ether oxygens (including phenoxy) is 1. The second-order valence-electron chi connectivity index (χ2n) is 6.44. The fraction of sp³-hybridized carbons (Fsp3) is 0.100. The number of pyridine rings is 1. The summed E-state index contributed by atoms with van der Waals surface area (Å²) < 4.78 is 30.9. The average Bonchev–Trinajstić information content (AvgIpc) is 3.23. The van der Waals surface area contributed by atoms with Crippen LogP contribution in [0.5, 0.6) is 5.88 Å². The molecule has 0 fully saturated rings. The van der Waals surface area contributed by atoms with Crippen LogP contribution in [0.25, 0.3) is 28.5 Å². The van der Waals surface area contributed by atoms with Crippen LogP contribution < -0.4 is 9.88 Å². The maximum atomic E-state index is 11.9. The predicted molar refractivity (Wildman–Crippen MR) is 110 cm³/mol. The lowest BCUT2D eigenvalue weighted by Gasteiger charge is -2.11. The van der Waals surface area contributed by atoms with Crippen LogP contribution in [0.3, 0.4) is 0 Å². The number of nitrogens with zero attached hydrogens (tertiary/aromatic N) is 5. The average molecular weight is 422 g/mol. The zero-order valence-electron chi connectivity index (χ0n) is 16.2. The standard InChI is InChI=1S/C20H18N6O3S/c1-13-12-24-19(20(25-13)29-2)26-11-10-23-18(26)15-7-5-14(6-8-15)17-16(30(21,27)28)4-3-9-22-17/h3-12H,1-2H3,(H2,21,27,28). The molecule has 3 heterocycles. The third-order valence-corrected chi connectivity index (χ3v) is 5.34. The summed E-state index contributed by atoms with van der Waals surface area (Å²) in [6.07, 6.45) is 6.60. The smallest absolute Gasteiger partial charge is 0.258 e. The molecule has 0 bridgehead atoms. The minimum atomic E-state index is -3.90. The zero-order valence-corrected chi connectivity index (χ0v) is 17.0. The van der Waals surface area contributed by atoms with Gasteiger partial charge in [0, 0.05) is 29.7 Å². The molecule has 0 aliphatic heterocycles. The van der Waals surface area contributed by atoms with Gasteiger partial charge in [-0.05, 0) is 19.1 Å². The van der Waals surface area contributed by atoms with E-state index in [4.69, 9.17) is 9.88 Å². The summed E-state index contributed by atoms with van der Waals surface area (Å²) in [5.74, 6) is 1.53. The minimum Gasteiger partial charge on any atom is -0.478 e. The van der Waals surface area contributed by atoms with Crippen molar-refractivity contribution in [1.82, 2.24) is 24.5 Å². The van der Waals surface area contributed by atoms with Crippen LogP contribution in [0, 0.1) is 6.92 Å². The molecule has 0 aliphatic rings. The predicted octanol–water partition coefficient (Wildman–Crippen LogP) is 2.36. The van der Waals surface area contributed by atoms with Gasteiger partial charge in [0.15, 0.2) is 0 Å². The third kappa shape index (κ3) is 3.65. The van der Waals surface area contributed by atoms with Gasteiger partial charge in [0.25, 0.3) is 5.88 Å². The number of imidazole rings is 1. The van der Waals surface area contributed by atoms with E-state index in [0.29, 0.717) is 28.8 Å². The molecule has 9 nitrogen and oxygen atoms in total. The van der Waals surface area contributed by atoms with E-state index in [2.05, 4.69) is 19.9 Å². The van der Waals surface area contributed by atoms with Gasteiger partial charge < -0.3 is 4.74 Å². The van der Waals surface area contributed by atoms with Crippen molar-refractivity contribution < 1.29 is 13.2 Å². The Morgan fingerprint density at radius 1 is 1.00 bits per heavy atom. The molecular formula is C20H18N6O3S. The number of hydrogen-bond donors (Lipinski definition) is 1. The van der Waals surface area contributed by atoms with E-state index >= 15 is 0 Å². The van der Waals surface area contributed by atoms with Crippen LogP contribution in [-0.4, -0.2) is 40.0 Å². The fourth-order valence-electron chi connectivity index (χ4n) is 3.05. The Labute approximate surface area is 173 Å². The van der Waals surface area contributed by atoms with Gasteiger partial charge in [-0.3, -0.25) is 9.55 Å². The quantitative estimate of drug-likeness (QED) is 0.523. The Kier molecular flexibility index (Phi) is 5.02. The second-order valence-corrected chi connectivity index (χ2v) is 7.97. The molecule has 0 radical (unpaired) electrons. The number of primary sulfonamides is 1. The molecule has 0 unspecified atom stereocenters. The number of aromatic nitrogens is 5. The van der Waals surface area contributed by atoms with Gasteiger partial charge in [0.2, 0.25) is 15.8 Å². The molecule has 2 N–H and O–H groups in total. The van der Waals surface area contributed by atoms with E-state index in [-0.39, 0.29) is 4.90 Å². The largest absolute Gasteiger partial charge is 0.478 e. The van der Waals surface area contributed by atoms with Crippen LogP contribution in [0.2, 0.25) is 0 Å². The zero-order chi connectivity index (χ0) is 21.3. The molecule has 30 heavy (non-hydrogen) atoms. The maximum Gasteiger partial charge on any atom is 0.258 e. The second kappa shape index (κ2) is 7.65. The minimum absolute atomic E-state index is 0.0288. The van der Waals surface area contributed by atoms with E-state index < -0.39 is 10.0 Å². The van der Waals surface area contributed by atoms with Gasteiger partial charge in [-0.15, -0.1) is 0 Å². The maximum absolute atomic E-state index is 11.9. The van der Waals surface area contributed by atoms with Crippen molar-refractivity contribution >= 4 is 10.0 Å². The molecule has 0 saturated carbocycles. The third-order valence-electron chi connectivity index (χ3n) is 4.40. The molecule has 1 aromatic carbocycles. The van der Waals surface area contributed by atoms with Gasteiger partial charge in [0.05, 0.1) is 24.7 Å². The van der Waals surface area contributed by atoms with E-state index in [0.717, 1.165) is 11.3 Å². The topological polar surface area (TPSA) is 126 Å². The summed E-state index contributed by atoms with van der Waals surface area (Å²) in [4.78, 5) is 17.4. The van der Waals surface area contributed by atoms with Crippen molar-refractivity contribution in [2.24, 2.45) is 5.14 Å². The highest BCUT2D eigenvalue weighted by Gasteiger charge is 2.18. The molecule has 3 aromatic heterocycles. The van der Waals surface area contributed by atoms with E-state index in [1.54, 1.807) is 35.3 Å². The summed E-state index contributed by atoms with van der Waals surface area (Å²) in [7, 11) is -2.36. The lowest BCUT2D eigenvalue weighted by atomic mass is 10.1. The highest BCUT2D eigenvalue weighted by molar-refractivity contribution is 7.89. The number of rotatable bonds is 5. The van der Waals surface area contributed by atoms with E-state index in [9.17, 15) is 8.42 Å². The molecule has 0 aliphatic carbocycles. The van der Waals surface area contributed by atoms with Gasteiger partial charge in [-0.2, -0.15) is 0 Å². The summed E-state index contributed by atoms with van der Waals surface area (Å²) in [5.41, 5.74) is 2.44. The SMILES string of the molecule is COc1nc(C)cnc1-n1ccnc1-c1ccc(-c2ncccc2S(N)(=O)=O)cc1. The van der Waals surface area contributed by atoms with Crippen LogP contribution in [0.1, 0.15) is 5.69 Å². The van der Waals surface area contributed by atoms with Gasteiger partial charge in [-0.25, -0.2) is 28.5 Å². The van der Waals surface area contributed by atoms with Crippen LogP contribution >= 0.6 is 0 Å². The molecule has 4 aromatic rings. The van der Waals surface area contributed by atoms with E-state index in [1.807, 2.05) is 19.1 Å². The Morgan fingerprint density at radius 3 is 2.43 bits per heavy atom. The normalized spacial score (nSPS) is 11.4. The first kappa shape index (κ1) is 19.7. The number of sulfonamides is 1. The summed E-state index contributed by atoms with van der Waals surface area (Å²) in [6.45, 7) is 1.83. The Hall–Kier alpha value is -3.63. The van der Waals surface area contributed by atoms with Gasteiger partial charge in [0.1, 0.15) is 10.7 Å². The molecule has 0 atom stereocenters. The summed E-state index contributed by atoms with van der Waals surface area (Å²) in [6, 6.07) is 10.1. The first-order valence-electron chi connectivity index (χ1n) is 8.88. The molecular weight excluding hydrogens is 404 g/mol. The first-order chi connectivity index (χ1) is 14.4. The highest BCUT2D eigenvalue weighted by atomic mass is 32.2. The van der Waals surface area contributed by atoms with Crippen molar-refractivity contribution in [3.63, 3.8) is 0 Å². The van der Waals surface area contributed by atoms with Crippen molar-refractivity contribution in [2.45, 2.75) is 11.8 Å². The van der Waals surface area contributed by atoms with Crippen molar-refractivity contribution in [3.8, 4) is 34.3 Å². The number of nitrogens with two attached hydrogens (primary N) is 1. The summed E-state index contributed by atoms with van der Waals surface area (Å²) in [5, 5.41) is 5.32. The van der Waals surface area contributed by atoms with Crippen molar-refractivity contribution in [1.29, 1.82) is 0 Å². The highest BCUT2D eigenvalue weighted by Crippen LogP contribution is 2.29. The number of aryl methyl sites for hydroxylation is 1. The molecule has 0 spiro atoms. The molecule has 10 heteroatoms. The first-order valence-corrected chi connectivity index (χ1v) is 10.4. The van der Waals surface area contributed by atoms with Crippen LogP contribution in [0.15, 0.2) is 66.1 Å². The van der Waals surface area contributed by atoms with Crippen LogP contribution in [0.4, 0.5) is 0 Å². The Balaban J connectivity index is 1.76. The molecule has 4 rings (SSSR count). The molecule has 0 saturated heterocycles. The van der Waals surface area contributed by atoms with Crippen LogP contribution in [-0.2, 0) is 10.0 Å². The number of methoxy groups -OCH3 is 1. The van der Waals surface area contributed by atoms with E-state index in [1.165, 1.54) is 25.4 Å². The molecule has 152 valence electrons. The monoisotopic (exact) mass is 422 g/mol. The van der Waals surface area contributed by atoms with Gasteiger partial charge >= 0.3 is 0 Å². The molecule has 0 amide bonds. The fourth-order valence-corrected chi connectivity index (χ4v) is 3.76. The van der Waals surface area contributed by atoms with Crippen molar-refractivity contribution in [2.75, 3.05) is 7.11 Å². The van der Waals surface area contributed by atoms with Gasteiger partial charge in [-0.1, -0.05) is 24.3 Å². The van der Waals surface area contributed by atoms with Crippen molar-refractivity contribution in [3.05, 3.63) is 66.9 Å². The Morgan fingerprint density at radius 2 is 1.73 bits per heavy atom.